The highest BCUT2D eigenvalue weighted by atomic mass is 16.5. The molecule has 0 heterocycles. The molecular weight excluding hydrogens is 278 g/mol. The molecule has 4 nitrogen and oxygen atoms in total. The zero-order chi connectivity index (χ0) is 15.6. The fraction of sp³-hybridized carbons (Fsp3) is 0.278. The molecule has 0 saturated carbocycles. The summed E-state index contributed by atoms with van der Waals surface area (Å²) in [5, 5.41) is 2.86. The summed E-state index contributed by atoms with van der Waals surface area (Å²) in [7, 11) is 1.64. The van der Waals surface area contributed by atoms with E-state index in [9.17, 15) is 4.79 Å². The van der Waals surface area contributed by atoms with Crippen molar-refractivity contribution < 1.29 is 14.3 Å². The minimum Gasteiger partial charge on any atom is -0.497 e. The van der Waals surface area contributed by atoms with Gasteiger partial charge in [-0.2, -0.15) is 0 Å². The van der Waals surface area contributed by atoms with Crippen LogP contribution in [-0.2, 0) is 11.2 Å². The first-order chi connectivity index (χ1) is 10.8. The van der Waals surface area contributed by atoms with Crippen LogP contribution in [0.5, 0.6) is 11.5 Å². The average Bonchev–Trinajstić information content (AvgIpc) is 2.58. The number of rotatable bonds is 8. The third-order valence-corrected chi connectivity index (χ3v) is 3.24. The maximum Gasteiger partial charge on any atom is 0.220 e. The number of para-hydroxylation sites is 1. The minimum atomic E-state index is 0.0347. The van der Waals surface area contributed by atoms with E-state index >= 15 is 0 Å². The number of hydrogen-bond donors (Lipinski definition) is 1. The van der Waals surface area contributed by atoms with Crippen molar-refractivity contribution in [2.24, 2.45) is 0 Å². The first-order valence-corrected chi connectivity index (χ1v) is 7.35. The van der Waals surface area contributed by atoms with Crippen LogP contribution in [0.3, 0.4) is 0 Å². The average molecular weight is 299 g/mol. The van der Waals surface area contributed by atoms with Crippen LogP contribution >= 0.6 is 0 Å². The molecule has 22 heavy (non-hydrogen) atoms. The Labute approximate surface area is 131 Å². The molecule has 0 fully saturated rings. The predicted octanol–water partition coefficient (Wildman–Crippen LogP) is 2.82. The van der Waals surface area contributed by atoms with Gasteiger partial charge in [-0.3, -0.25) is 4.79 Å². The summed E-state index contributed by atoms with van der Waals surface area (Å²) in [6, 6.07) is 17.3. The van der Waals surface area contributed by atoms with Gasteiger partial charge in [-0.05, 0) is 36.2 Å². The molecule has 0 spiro atoms. The lowest BCUT2D eigenvalue weighted by Crippen LogP contribution is -2.28. The van der Waals surface area contributed by atoms with Crippen molar-refractivity contribution in [1.29, 1.82) is 0 Å². The zero-order valence-corrected chi connectivity index (χ0v) is 12.7. The zero-order valence-electron chi connectivity index (χ0n) is 12.7. The Morgan fingerprint density at radius 2 is 1.73 bits per heavy atom. The van der Waals surface area contributed by atoms with Crippen LogP contribution in [0, 0.1) is 0 Å². The molecule has 0 saturated heterocycles. The number of aryl methyl sites for hydroxylation is 1. The summed E-state index contributed by atoms with van der Waals surface area (Å²) in [6.07, 6.45) is 1.19. The highest BCUT2D eigenvalue weighted by Gasteiger charge is 2.02. The van der Waals surface area contributed by atoms with Crippen molar-refractivity contribution in [2.75, 3.05) is 20.3 Å². The number of carbonyl (C=O) groups is 1. The van der Waals surface area contributed by atoms with E-state index in [0.717, 1.165) is 23.5 Å². The second-order valence-corrected chi connectivity index (χ2v) is 4.86. The SMILES string of the molecule is COc1ccc(CCC(=O)NCCOc2ccccc2)cc1. The molecule has 2 aromatic carbocycles. The van der Waals surface area contributed by atoms with Crippen LogP contribution in [-0.4, -0.2) is 26.2 Å². The van der Waals surface area contributed by atoms with E-state index in [4.69, 9.17) is 9.47 Å². The van der Waals surface area contributed by atoms with Crippen LogP contribution in [0.15, 0.2) is 54.6 Å². The fourth-order valence-corrected chi connectivity index (χ4v) is 2.01. The van der Waals surface area contributed by atoms with Gasteiger partial charge in [0.25, 0.3) is 0 Å². The number of hydrogen-bond acceptors (Lipinski definition) is 3. The van der Waals surface area contributed by atoms with Crippen LogP contribution in [0.4, 0.5) is 0 Å². The van der Waals surface area contributed by atoms with Crippen molar-refractivity contribution in [2.45, 2.75) is 12.8 Å². The monoisotopic (exact) mass is 299 g/mol. The normalized spacial score (nSPS) is 10.0. The third-order valence-electron chi connectivity index (χ3n) is 3.24. The minimum absolute atomic E-state index is 0.0347. The van der Waals surface area contributed by atoms with Crippen molar-refractivity contribution in [1.82, 2.24) is 5.32 Å². The quantitative estimate of drug-likeness (QED) is 0.763. The molecule has 0 aliphatic rings. The summed E-state index contributed by atoms with van der Waals surface area (Å²) in [5.41, 5.74) is 1.12. The largest absolute Gasteiger partial charge is 0.497 e. The van der Waals surface area contributed by atoms with Gasteiger partial charge in [0, 0.05) is 6.42 Å². The third kappa shape index (κ3) is 5.48. The fourth-order valence-electron chi connectivity index (χ4n) is 2.01. The van der Waals surface area contributed by atoms with Gasteiger partial charge in [0.15, 0.2) is 0 Å². The van der Waals surface area contributed by atoms with E-state index in [-0.39, 0.29) is 5.91 Å². The molecule has 0 aromatic heterocycles. The summed E-state index contributed by atoms with van der Waals surface area (Å²) < 4.78 is 10.6. The standard InChI is InChI=1S/C18H21NO3/c1-21-16-10-7-15(8-11-16)9-12-18(20)19-13-14-22-17-5-3-2-4-6-17/h2-8,10-11H,9,12-14H2,1H3,(H,19,20). The molecular formula is C18H21NO3. The van der Waals surface area contributed by atoms with Crippen LogP contribution in [0.25, 0.3) is 0 Å². The molecule has 0 atom stereocenters. The molecule has 0 radical (unpaired) electrons. The lowest BCUT2D eigenvalue weighted by molar-refractivity contribution is -0.121. The summed E-state index contributed by atoms with van der Waals surface area (Å²) in [5.74, 6) is 1.67. The lowest BCUT2D eigenvalue weighted by atomic mass is 10.1. The van der Waals surface area contributed by atoms with Crippen LogP contribution in [0.1, 0.15) is 12.0 Å². The maximum atomic E-state index is 11.8. The second kappa shape index (κ2) is 8.72. The molecule has 4 heteroatoms. The van der Waals surface area contributed by atoms with Gasteiger partial charge in [0.1, 0.15) is 18.1 Å². The molecule has 1 amide bonds. The molecule has 2 rings (SSSR count). The van der Waals surface area contributed by atoms with Gasteiger partial charge < -0.3 is 14.8 Å². The number of benzene rings is 2. The Hall–Kier alpha value is -2.49. The predicted molar refractivity (Wildman–Crippen MR) is 86.3 cm³/mol. The van der Waals surface area contributed by atoms with Crippen molar-refractivity contribution >= 4 is 5.91 Å². The first-order valence-electron chi connectivity index (χ1n) is 7.35. The summed E-state index contributed by atoms with van der Waals surface area (Å²) >= 11 is 0. The number of ether oxygens (including phenoxy) is 2. The van der Waals surface area contributed by atoms with Crippen molar-refractivity contribution in [3.8, 4) is 11.5 Å². The van der Waals surface area contributed by atoms with Gasteiger partial charge in [0.05, 0.1) is 13.7 Å². The number of methoxy groups -OCH3 is 1. The number of nitrogens with one attached hydrogen (secondary N) is 1. The highest BCUT2D eigenvalue weighted by molar-refractivity contribution is 5.76. The van der Waals surface area contributed by atoms with Crippen LogP contribution < -0.4 is 14.8 Å². The Morgan fingerprint density at radius 3 is 2.41 bits per heavy atom. The van der Waals surface area contributed by atoms with Gasteiger partial charge in [-0.25, -0.2) is 0 Å². The molecule has 116 valence electrons. The Kier molecular flexibility index (Phi) is 6.30. The van der Waals surface area contributed by atoms with E-state index in [1.165, 1.54) is 0 Å². The maximum absolute atomic E-state index is 11.8. The molecule has 0 aliphatic carbocycles. The van der Waals surface area contributed by atoms with Crippen LogP contribution in [0.2, 0.25) is 0 Å². The molecule has 1 N–H and O–H groups in total. The number of carbonyl (C=O) groups excluding carboxylic acids is 1. The molecule has 0 aliphatic heterocycles. The molecule has 0 bridgehead atoms. The molecule has 2 aromatic rings. The molecule has 0 unspecified atom stereocenters. The Balaban J connectivity index is 1.61. The van der Waals surface area contributed by atoms with E-state index in [1.54, 1.807) is 7.11 Å². The first kappa shape index (κ1) is 15.9. The van der Waals surface area contributed by atoms with E-state index in [1.807, 2.05) is 54.6 Å². The van der Waals surface area contributed by atoms with Gasteiger partial charge in [-0.15, -0.1) is 0 Å². The van der Waals surface area contributed by atoms with E-state index < -0.39 is 0 Å². The lowest BCUT2D eigenvalue weighted by Gasteiger charge is -2.08. The summed E-state index contributed by atoms with van der Waals surface area (Å²) in [4.78, 5) is 11.8. The van der Waals surface area contributed by atoms with E-state index in [0.29, 0.717) is 19.6 Å². The topological polar surface area (TPSA) is 47.6 Å². The van der Waals surface area contributed by atoms with Crippen molar-refractivity contribution in [3.63, 3.8) is 0 Å². The van der Waals surface area contributed by atoms with Gasteiger partial charge in [-0.1, -0.05) is 30.3 Å². The highest BCUT2D eigenvalue weighted by Crippen LogP contribution is 2.12. The van der Waals surface area contributed by atoms with E-state index in [2.05, 4.69) is 5.32 Å². The smallest absolute Gasteiger partial charge is 0.220 e. The van der Waals surface area contributed by atoms with Gasteiger partial charge in [0.2, 0.25) is 5.91 Å². The number of amides is 1. The van der Waals surface area contributed by atoms with Gasteiger partial charge >= 0.3 is 0 Å². The Morgan fingerprint density at radius 1 is 1.00 bits per heavy atom. The second-order valence-electron chi connectivity index (χ2n) is 4.86. The summed E-state index contributed by atoms with van der Waals surface area (Å²) in [6.45, 7) is 0.981. The Bertz CT molecular complexity index is 567. The van der Waals surface area contributed by atoms with Crippen molar-refractivity contribution in [3.05, 3.63) is 60.2 Å².